The van der Waals surface area contributed by atoms with Gasteiger partial charge in [-0.15, -0.1) is 0 Å². The van der Waals surface area contributed by atoms with Gasteiger partial charge in [-0.2, -0.15) is 0 Å². The van der Waals surface area contributed by atoms with E-state index in [1.165, 1.54) is 37.5 Å². The van der Waals surface area contributed by atoms with E-state index in [2.05, 4.69) is 10.6 Å². The Bertz CT molecular complexity index is 867. The van der Waals surface area contributed by atoms with Gasteiger partial charge in [0.25, 0.3) is 17.5 Å². The van der Waals surface area contributed by atoms with Crippen LogP contribution in [0.2, 0.25) is 5.02 Å². The van der Waals surface area contributed by atoms with Crippen LogP contribution in [-0.4, -0.2) is 35.4 Å². The second-order valence-electron chi connectivity index (χ2n) is 5.25. The van der Waals surface area contributed by atoms with Gasteiger partial charge in [0.15, 0.2) is 12.4 Å². The van der Waals surface area contributed by atoms with Crippen LogP contribution in [0.5, 0.6) is 0 Å². The molecule has 1 heterocycles. The lowest BCUT2D eigenvalue weighted by atomic mass is 10.3. The number of nitro groups is 1. The number of ether oxygens (including phenoxy) is 1. The highest BCUT2D eigenvalue weighted by molar-refractivity contribution is 6.32. The Morgan fingerprint density at radius 3 is 2.70 bits per heavy atom. The Labute approximate surface area is 157 Å². The van der Waals surface area contributed by atoms with Crippen LogP contribution in [0.25, 0.3) is 0 Å². The van der Waals surface area contributed by atoms with Gasteiger partial charge in [0.05, 0.1) is 11.2 Å². The zero-order chi connectivity index (χ0) is 20.0. The second kappa shape index (κ2) is 8.81. The largest absolute Gasteiger partial charge is 0.459 e. The topological polar surface area (TPSA) is 141 Å². The molecule has 0 saturated heterocycles. The third kappa shape index (κ3) is 5.54. The molecule has 10 nitrogen and oxygen atoms in total. The van der Waals surface area contributed by atoms with Crippen molar-refractivity contribution in [3.05, 3.63) is 57.5 Å². The first-order chi connectivity index (χ1) is 12.8. The highest BCUT2D eigenvalue weighted by atomic mass is 35.5. The van der Waals surface area contributed by atoms with E-state index in [1.807, 2.05) is 0 Å². The number of hydrogen-bond donors (Lipinski definition) is 2. The van der Waals surface area contributed by atoms with Crippen LogP contribution in [-0.2, 0) is 14.3 Å². The maximum atomic E-state index is 11.8. The molecule has 0 saturated carbocycles. The van der Waals surface area contributed by atoms with Crippen molar-refractivity contribution in [2.24, 2.45) is 0 Å². The molecule has 0 bridgehead atoms. The molecule has 142 valence electrons. The Morgan fingerprint density at radius 1 is 1.33 bits per heavy atom. The lowest BCUT2D eigenvalue weighted by molar-refractivity contribution is -0.384. The minimum Gasteiger partial charge on any atom is -0.459 e. The molecule has 2 aromatic rings. The number of hydrogen-bond acceptors (Lipinski definition) is 7. The fourth-order valence-corrected chi connectivity index (χ4v) is 2.11. The molecule has 27 heavy (non-hydrogen) atoms. The number of furan rings is 1. The number of halogens is 1. The van der Waals surface area contributed by atoms with Gasteiger partial charge >= 0.3 is 5.97 Å². The number of benzene rings is 1. The summed E-state index contributed by atoms with van der Waals surface area (Å²) in [4.78, 5) is 45.5. The Balaban J connectivity index is 1.84. The molecule has 0 fully saturated rings. The first-order valence-corrected chi connectivity index (χ1v) is 7.90. The molecule has 2 amide bonds. The Kier molecular flexibility index (Phi) is 6.50. The van der Waals surface area contributed by atoms with E-state index in [1.54, 1.807) is 0 Å². The first-order valence-electron chi connectivity index (χ1n) is 7.52. The van der Waals surface area contributed by atoms with Gasteiger partial charge in [-0.05, 0) is 31.2 Å². The van der Waals surface area contributed by atoms with Gasteiger partial charge in [0, 0.05) is 11.8 Å². The third-order valence-corrected chi connectivity index (χ3v) is 3.54. The van der Waals surface area contributed by atoms with Gasteiger partial charge in [-0.25, -0.2) is 4.79 Å². The molecule has 0 radical (unpaired) electrons. The summed E-state index contributed by atoms with van der Waals surface area (Å²) < 4.78 is 9.69. The van der Waals surface area contributed by atoms with Crippen LogP contribution in [0.15, 0.2) is 41.0 Å². The van der Waals surface area contributed by atoms with Crippen molar-refractivity contribution < 1.29 is 28.5 Å². The molecule has 1 aromatic carbocycles. The second-order valence-corrected chi connectivity index (χ2v) is 5.66. The lowest BCUT2D eigenvalue weighted by Crippen LogP contribution is -2.40. The summed E-state index contributed by atoms with van der Waals surface area (Å²) >= 11 is 5.68. The van der Waals surface area contributed by atoms with Crippen LogP contribution < -0.4 is 10.6 Å². The summed E-state index contributed by atoms with van der Waals surface area (Å²) in [7, 11) is 0. The van der Waals surface area contributed by atoms with E-state index in [0.717, 1.165) is 6.07 Å². The van der Waals surface area contributed by atoms with Crippen LogP contribution in [0.1, 0.15) is 17.5 Å². The zero-order valence-corrected chi connectivity index (χ0v) is 14.7. The van der Waals surface area contributed by atoms with Crippen molar-refractivity contribution in [1.29, 1.82) is 0 Å². The van der Waals surface area contributed by atoms with Crippen molar-refractivity contribution >= 4 is 40.8 Å². The van der Waals surface area contributed by atoms with Gasteiger partial charge in [0.1, 0.15) is 11.1 Å². The normalized spacial score (nSPS) is 11.3. The maximum absolute atomic E-state index is 11.8. The third-order valence-electron chi connectivity index (χ3n) is 3.22. The van der Waals surface area contributed by atoms with Crippen molar-refractivity contribution in [2.75, 3.05) is 11.9 Å². The molecule has 11 heteroatoms. The van der Waals surface area contributed by atoms with E-state index in [9.17, 15) is 24.5 Å². The number of carbonyl (C=O) groups is 3. The van der Waals surface area contributed by atoms with Crippen LogP contribution >= 0.6 is 11.6 Å². The fraction of sp³-hybridized carbons (Fsp3) is 0.188. The van der Waals surface area contributed by atoms with Crippen LogP contribution in [0.3, 0.4) is 0 Å². The maximum Gasteiger partial charge on any atom is 0.328 e. The van der Waals surface area contributed by atoms with Crippen molar-refractivity contribution in [3.63, 3.8) is 0 Å². The van der Waals surface area contributed by atoms with E-state index in [4.69, 9.17) is 20.8 Å². The minimum absolute atomic E-state index is 0.0247. The molecule has 1 aromatic heterocycles. The van der Waals surface area contributed by atoms with Crippen LogP contribution in [0, 0.1) is 10.1 Å². The average molecular weight is 396 g/mol. The summed E-state index contributed by atoms with van der Waals surface area (Å²) in [5, 5.41) is 15.4. The smallest absolute Gasteiger partial charge is 0.328 e. The fourth-order valence-electron chi connectivity index (χ4n) is 1.92. The zero-order valence-electron chi connectivity index (χ0n) is 13.9. The highest BCUT2D eigenvalue weighted by Gasteiger charge is 2.20. The monoisotopic (exact) mass is 395 g/mol. The summed E-state index contributed by atoms with van der Waals surface area (Å²) in [6.45, 7) is 0.736. The summed E-state index contributed by atoms with van der Waals surface area (Å²) in [6.07, 6.45) is 1.31. The Morgan fingerprint density at radius 2 is 2.07 bits per heavy atom. The molecule has 2 N–H and O–H groups in total. The quantitative estimate of drug-likeness (QED) is 0.415. The summed E-state index contributed by atoms with van der Waals surface area (Å²) in [5.74, 6) is -2.14. The van der Waals surface area contributed by atoms with Crippen LogP contribution in [0.4, 0.5) is 11.4 Å². The number of esters is 1. The summed E-state index contributed by atoms with van der Waals surface area (Å²) in [6, 6.07) is 5.62. The van der Waals surface area contributed by atoms with Gasteiger partial charge in [-0.3, -0.25) is 19.7 Å². The predicted octanol–water partition coefficient (Wildman–Crippen LogP) is 2.14. The van der Waals surface area contributed by atoms with Gasteiger partial charge in [0.2, 0.25) is 0 Å². The number of carbonyl (C=O) groups excluding carboxylic acids is 3. The molecule has 0 aliphatic rings. The molecule has 0 aliphatic carbocycles. The van der Waals surface area contributed by atoms with E-state index in [0.29, 0.717) is 0 Å². The van der Waals surface area contributed by atoms with E-state index >= 15 is 0 Å². The van der Waals surface area contributed by atoms with Gasteiger partial charge in [-0.1, -0.05) is 11.6 Å². The lowest BCUT2D eigenvalue weighted by Gasteiger charge is -2.12. The first kappa shape index (κ1) is 19.9. The number of rotatable bonds is 7. The van der Waals surface area contributed by atoms with Crippen molar-refractivity contribution in [2.45, 2.75) is 13.0 Å². The van der Waals surface area contributed by atoms with Crippen molar-refractivity contribution in [1.82, 2.24) is 5.32 Å². The van der Waals surface area contributed by atoms with E-state index in [-0.39, 0.29) is 22.2 Å². The number of anilines is 1. The number of nitrogens with zero attached hydrogens (tertiary/aromatic N) is 1. The number of nitro benzene ring substituents is 1. The minimum atomic E-state index is -1.02. The Hall–Kier alpha value is -3.40. The highest BCUT2D eigenvalue weighted by Crippen LogP contribution is 2.27. The number of amides is 2. The molecule has 0 unspecified atom stereocenters. The molecule has 1 atom stereocenters. The average Bonchev–Trinajstić information content (AvgIpc) is 3.15. The van der Waals surface area contributed by atoms with Gasteiger partial charge < -0.3 is 19.8 Å². The predicted molar refractivity (Wildman–Crippen MR) is 93.3 cm³/mol. The van der Waals surface area contributed by atoms with Crippen molar-refractivity contribution in [3.8, 4) is 0 Å². The molecule has 2 rings (SSSR count). The molecular weight excluding hydrogens is 382 g/mol. The van der Waals surface area contributed by atoms with E-state index < -0.39 is 35.4 Å². The summed E-state index contributed by atoms with van der Waals surface area (Å²) in [5.41, 5.74) is -0.257. The molecule has 0 spiro atoms. The molecule has 0 aliphatic heterocycles. The standard InChI is InChI=1S/C16H14ClN3O7/c1-9(18-15(22)13-3-2-6-26-13)16(23)27-8-14(21)19-10-4-5-11(17)12(7-10)20(24)25/h2-7,9H,8H2,1H3,(H,18,22)(H,19,21)/t9-/m0/s1. The number of nitrogens with one attached hydrogen (secondary N) is 2. The molecular formula is C16H14ClN3O7. The SMILES string of the molecule is C[C@H](NC(=O)c1ccco1)C(=O)OCC(=O)Nc1ccc(Cl)c([N+](=O)[O-])c1.